The van der Waals surface area contributed by atoms with Gasteiger partial charge < -0.3 is 10.2 Å². The molecule has 4 nitrogen and oxygen atoms in total. The van der Waals surface area contributed by atoms with E-state index < -0.39 is 17.5 Å². The Hall–Kier alpha value is -2.76. The molecule has 0 radical (unpaired) electrons. The number of para-hydroxylation sites is 1. The zero-order valence-corrected chi connectivity index (χ0v) is 14.3. The van der Waals surface area contributed by atoms with E-state index in [2.05, 4.69) is 5.32 Å². The molecule has 0 fully saturated rings. The highest BCUT2D eigenvalue weighted by molar-refractivity contribution is 5.95. The summed E-state index contributed by atoms with van der Waals surface area (Å²) in [6.45, 7) is 0.944. The van der Waals surface area contributed by atoms with Crippen LogP contribution in [-0.4, -0.2) is 24.9 Å². The Morgan fingerprint density at radius 2 is 1.92 bits per heavy atom. The fourth-order valence-corrected chi connectivity index (χ4v) is 3.14. The van der Waals surface area contributed by atoms with Crippen molar-refractivity contribution in [2.24, 2.45) is 0 Å². The number of carbonyl (C=O) groups excluding carboxylic acids is 2. The van der Waals surface area contributed by atoms with Crippen molar-refractivity contribution in [2.75, 3.05) is 18.0 Å². The first-order valence-electron chi connectivity index (χ1n) is 8.68. The van der Waals surface area contributed by atoms with Crippen LogP contribution in [0.1, 0.15) is 35.2 Å². The lowest BCUT2D eigenvalue weighted by molar-refractivity contribution is -0.118. The van der Waals surface area contributed by atoms with Crippen LogP contribution >= 0.6 is 0 Å². The number of benzene rings is 2. The minimum atomic E-state index is -0.900. The Morgan fingerprint density at radius 1 is 1.12 bits per heavy atom. The summed E-state index contributed by atoms with van der Waals surface area (Å²) in [5.74, 6) is -2.23. The van der Waals surface area contributed by atoms with Gasteiger partial charge in [0.2, 0.25) is 5.91 Å². The number of anilines is 1. The Kier molecular flexibility index (Phi) is 5.61. The summed E-state index contributed by atoms with van der Waals surface area (Å²) in [6.07, 6.45) is 2.65. The summed E-state index contributed by atoms with van der Waals surface area (Å²) in [7, 11) is 0. The molecule has 26 heavy (non-hydrogen) atoms. The first-order chi connectivity index (χ1) is 12.6. The number of hydrogen-bond acceptors (Lipinski definition) is 2. The first kappa shape index (κ1) is 18.0. The topological polar surface area (TPSA) is 49.4 Å². The van der Waals surface area contributed by atoms with Crippen molar-refractivity contribution in [1.82, 2.24) is 5.32 Å². The zero-order chi connectivity index (χ0) is 18.5. The smallest absolute Gasteiger partial charge is 0.254 e. The lowest BCUT2D eigenvalue weighted by Gasteiger charge is -2.29. The van der Waals surface area contributed by atoms with Crippen LogP contribution in [0.25, 0.3) is 0 Å². The quantitative estimate of drug-likeness (QED) is 0.833. The van der Waals surface area contributed by atoms with Gasteiger partial charge in [0.15, 0.2) is 0 Å². The SMILES string of the molecule is O=C(NCCCC(=O)N1CCCc2ccccc21)c1ccc(F)cc1F. The number of halogens is 2. The van der Waals surface area contributed by atoms with Gasteiger partial charge in [0.25, 0.3) is 5.91 Å². The van der Waals surface area contributed by atoms with E-state index in [9.17, 15) is 18.4 Å². The maximum Gasteiger partial charge on any atom is 0.254 e. The van der Waals surface area contributed by atoms with E-state index in [1.54, 1.807) is 4.90 Å². The summed E-state index contributed by atoms with van der Waals surface area (Å²) < 4.78 is 26.4. The molecule has 6 heteroatoms. The molecule has 136 valence electrons. The zero-order valence-electron chi connectivity index (χ0n) is 14.3. The molecule has 0 aromatic heterocycles. The maximum atomic E-state index is 13.6. The molecule has 0 aliphatic carbocycles. The minimum Gasteiger partial charge on any atom is -0.352 e. The molecule has 0 unspecified atom stereocenters. The van der Waals surface area contributed by atoms with Crippen molar-refractivity contribution in [2.45, 2.75) is 25.7 Å². The number of nitrogens with zero attached hydrogens (tertiary/aromatic N) is 1. The van der Waals surface area contributed by atoms with Gasteiger partial charge in [-0.25, -0.2) is 8.78 Å². The third-order valence-electron chi connectivity index (χ3n) is 4.44. The number of nitrogens with one attached hydrogen (secondary N) is 1. The Balaban J connectivity index is 1.50. The van der Waals surface area contributed by atoms with E-state index in [1.807, 2.05) is 24.3 Å². The highest BCUT2D eigenvalue weighted by Gasteiger charge is 2.21. The maximum absolute atomic E-state index is 13.6. The lowest BCUT2D eigenvalue weighted by atomic mass is 10.0. The van der Waals surface area contributed by atoms with Gasteiger partial charge in [-0.3, -0.25) is 9.59 Å². The van der Waals surface area contributed by atoms with E-state index in [0.29, 0.717) is 25.5 Å². The summed E-state index contributed by atoms with van der Waals surface area (Å²) in [4.78, 5) is 26.2. The summed E-state index contributed by atoms with van der Waals surface area (Å²) >= 11 is 0. The number of amides is 2. The van der Waals surface area contributed by atoms with E-state index >= 15 is 0 Å². The normalized spacial score (nSPS) is 13.2. The van der Waals surface area contributed by atoms with Crippen molar-refractivity contribution in [3.05, 3.63) is 65.2 Å². The molecule has 0 saturated heterocycles. The number of aryl methyl sites for hydroxylation is 1. The third-order valence-corrected chi connectivity index (χ3v) is 4.44. The van der Waals surface area contributed by atoms with Gasteiger partial charge in [-0.1, -0.05) is 18.2 Å². The van der Waals surface area contributed by atoms with Gasteiger partial charge in [-0.15, -0.1) is 0 Å². The average molecular weight is 358 g/mol. The standard InChI is InChI=1S/C20H20F2N2O2/c21-15-9-10-16(17(22)13-15)20(26)23-11-3-8-19(25)24-12-4-6-14-5-1-2-7-18(14)24/h1-2,5,7,9-10,13H,3-4,6,8,11-12H2,(H,23,26). The molecule has 3 rings (SSSR count). The average Bonchev–Trinajstić information content (AvgIpc) is 2.64. The van der Waals surface area contributed by atoms with Crippen molar-refractivity contribution >= 4 is 17.5 Å². The summed E-state index contributed by atoms with van der Waals surface area (Å²) in [6, 6.07) is 10.7. The molecule has 0 saturated carbocycles. The lowest BCUT2D eigenvalue weighted by Crippen LogP contribution is -2.36. The van der Waals surface area contributed by atoms with E-state index in [0.717, 1.165) is 30.7 Å². The summed E-state index contributed by atoms with van der Waals surface area (Å²) in [5.41, 5.74) is 1.93. The predicted octanol–water partition coefficient (Wildman–Crippen LogP) is 3.45. The second kappa shape index (κ2) is 8.08. The molecule has 1 N–H and O–H groups in total. The van der Waals surface area contributed by atoms with E-state index in [-0.39, 0.29) is 18.0 Å². The second-order valence-electron chi connectivity index (χ2n) is 6.26. The Morgan fingerprint density at radius 3 is 2.73 bits per heavy atom. The fourth-order valence-electron chi connectivity index (χ4n) is 3.14. The molecule has 2 amide bonds. The number of carbonyl (C=O) groups is 2. The van der Waals surface area contributed by atoms with Gasteiger partial charge in [-0.2, -0.15) is 0 Å². The molecular weight excluding hydrogens is 338 g/mol. The van der Waals surface area contributed by atoms with Crippen molar-refractivity contribution in [3.8, 4) is 0 Å². The van der Waals surface area contributed by atoms with Crippen molar-refractivity contribution in [1.29, 1.82) is 0 Å². The highest BCUT2D eigenvalue weighted by Crippen LogP contribution is 2.27. The van der Waals surface area contributed by atoms with Gasteiger partial charge in [-0.05, 0) is 43.0 Å². The van der Waals surface area contributed by atoms with E-state index in [4.69, 9.17) is 0 Å². The molecule has 2 aromatic carbocycles. The molecule has 0 spiro atoms. The van der Waals surface area contributed by atoms with Gasteiger partial charge in [0, 0.05) is 31.3 Å². The predicted molar refractivity (Wildman–Crippen MR) is 95.0 cm³/mol. The van der Waals surface area contributed by atoms with Crippen LogP contribution in [0.4, 0.5) is 14.5 Å². The van der Waals surface area contributed by atoms with Crippen molar-refractivity contribution in [3.63, 3.8) is 0 Å². The van der Waals surface area contributed by atoms with Crippen LogP contribution in [-0.2, 0) is 11.2 Å². The molecule has 1 aliphatic heterocycles. The largest absolute Gasteiger partial charge is 0.352 e. The van der Waals surface area contributed by atoms with Gasteiger partial charge >= 0.3 is 0 Å². The van der Waals surface area contributed by atoms with Crippen LogP contribution in [0.15, 0.2) is 42.5 Å². The number of rotatable bonds is 5. The number of hydrogen-bond donors (Lipinski definition) is 1. The molecule has 1 heterocycles. The fraction of sp³-hybridized carbons (Fsp3) is 0.300. The first-order valence-corrected chi connectivity index (χ1v) is 8.68. The van der Waals surface area contributed by atoms with Crippen LogP contribution in [0.5, 0.6) is 0 Å². The van der Waals surface area contributed by atoms with Gasteiger partial charge in [0.05, 0.1) is 5.56 Å². The molecule has 2 aromatic rings. The van der Waals surface area contributed by atoms with Crippen molar-refractivity contribution < 1.29 is 18.4 Å². The molecular formula is C20H20F2N2O2. The van der Waals surface area contributed by atoms with Crippen LogP contribution in [0.2, 0.25) is 0 Å². The highest BCUT2D eigenvalue weighted by atomic mass is 19.1. The molecule has 1 aliphatic rings. The Bertz CT molecular complexity index is 823. The van der Waals surface area contributed by atoms with E-state index in [1.165, 1.54) is 5.56 Å². The number of fused-ring (bicyclic) bond motifs is 1. The van der Waals surface area contributed by atoms with Crippen LogP contribution in [0.3, 0.4) is 0 Å². The van der Waals surface area contributed by atoms with Gasteiger partial charge in [0.1, 0.15) is 11.6 Å². The molecule has 0 bridgehead atoms. The molecule has 0 atom stereocenters. The summed E-state index contributed by atoms with van der Waals surface area (Å²) in [5, 5.41) is 2.56. The van der Waals surface area contributed by atoms with Crippen LogP contribution in [0, 0.1) is 11.6 Å². The second-order valence-corrected chi connectivity index (χ2v) is 6.26. The third kappa shape index (κ3) is 4.07. The Labute approximate surface area is 150 Å². The monoisotopic (exact) mass is 358 g/mol. The van der Waals surface area contributed by atoms with Crippen LogP contribution < -0.4 is 10.2 Å². The minimum absolute atomic E-state index is 0.0133.